The first kappa shape index (κ1) is 30.4. The lowest BCUT2D eigenvalue weighted by Gasteiger charge is -2.40. The minimum atomic E-state index is -0.0743. The summed E-state index contributed by atoms with van der Waals surface area (Å²) in [4.78, 5) is 15.9. The van der Waals surface area contributed by atoms with Gasteiger partial charge in [-0.15, -0.1) is 0 Å². The topological polar surface area (TPSA) is 20.3 Å². The van der Waals surface area contributed by atoms with Gasteiger partial charge in [-0.2, -0.15) is 0 Å². The number of nitrogens with zero attached hydrogens (tertiary/aromatic N) is 1. The van der Waals surface area contributed by atoms with Crippen molar-refractivity contribution in [2.45, 2.75) is 112 Å². The van der Waals surface area contributed by atoms with Crippen LogP contribution in [0.15, 0.2) is 53.8 Å². The van der Waals surface area contributed by atoms with Gasteiger partial charge in [0.15, 0.2) is 5.78 Å². The van der Waals surface area contributed by atoms with Crippen molar-refractivity contribution in [1.82, 2.24) is 0 Å². The quantitative estimate of drug-likeness (QED) is 0.172. The van der Waals surface area contributed by atoms with E-state index in [2.05, 4.69) is 71.2 Å². The summed E-state index contributed by atoms with van der Waals surface area (Å²) < 4.78 is 0. The van der Waals surface area contributed by atoms with E-state index in [4.69, 9.17) is 11.6 Å². The zero-order chi connectivity index (χ0) is 26.8. The largest absolute Gasteiger partial charge is 0.337 e. The van der Waals surface area contributed by atoms with Crippen LogP contribution in [0.25, 0.3) is 0 Å². The first-order valence-corrected chi connectivity index (χ1v) is 14.8. The average Bonchev–Trinajstić information content (AvgIpc) is 2.87. The van der Waals surface area contributed by atoms with E-state index in [1.807, 2.05) is 19.1 Å². The number of benzene rings is 1. The lowest BCUT2D eigenvalue weighted by molar-refractivity contribution is 0.0928. The number of rotatable bonds is 15. The minimum absolute atomic E-state index is 0.0743. The second-order valence-corrected chi connectivity index (χ2v) is 11.2. The molecule has 4 atom stereocenters. The number of carbonyl (C=O) groups excluding carboxylic acids is 1. The van der Waals surface area contributed by atoms with Crippen molar-refractivity contribution in [3.63, 3.8) is 0 Å². The van der Waals surface area contributed by atoms with Crippen LogP contribution in [0, 0.1) is 17.8 Å². The molecule has 0 aromatic heterocycles. The molecule has 0 saturated heterocycles. The van der Waals surface area contributed by atoms with Crippen molar-refractivity contribution >= 4 is 23.1 Å². The summed E-state index contributed by atoms with van der Waals surface area (Å²) in [5.74, 6) is 0.982. The molecule has 0 heterocycles. The van der Waals surface area contributed by atoms with Gasteiger partial charge in [0.2, 0.25) is 0 Å². The van der Waals surface area contributed by atoms with Crippen LogP contribution in [0.1, 0.15) is 117 Å². The van der Waals surface area contributed by atoms with Crippen LogP contribution in [0.2, 0.25) is 5.02 Å². The average molecular weight is 512 g/mol. The van der Waals surface area contributed by atoms with Crippen LogP contribution in [0.4, 0.5) is 5.69 Å². The van der Waals surface area contributed by atoms with E-state index in [-0.39, 0.29) is 17.7 Å². The van der Waals surface area contributed by atoms with E-state index >= 15 is 0 Å². The molecule has 36 heavy (non-hydrogen) atoms. The Hall–Kier alpha value is -1.80. The second-order valence-electron chi connectivity index (χ2n) is 10.8. The van der Waals surface area contributed by atoms with Crippen LogP contribution in [-0.2, 0) is 0 Å². The summed E-state index contributed by atoms with van der Waals surface area (Å²) in [6.07, 6.45) is 15.2. The van der Waals surface area contributed by atoms with Gasteiger partial charge in [0.05, 0.1) is 22.3 Å². The molecule has 1 aromatic rings. The Labute approximate surface area is 226 Å². The number of hydrogen-bond acceptors (Lipinski definition) is 2. The first-order chi connectivity index (χ1) is 17.2. The van der Waals surface area contributed by atoms with Gasteiger partial charge >= 0.3 is 0 Å². The number of allylic oxidation sites excluding steroid dienone is 3. The predicted octanol–water partition coefficient (Wildman–Crippen LogP) is 10.6. The highest BCUT2D eigenvalue weighted by Crippen LogP contribution is 2.40. The Kier molecular flexibility index (Phi) is 12.5. The maximum Gasteiger partial charge on any atom is 0.169 e. The van der Waals surface area contributed by atoms with Gasteiger partial charge in [0.1, 0.15) is 0 Å². The Bertz CT molecular complexity index is 943. The molecule has 0 fully saturated rings. The fourth-order valence-corrected chi connectivity index (χ4v) is 5.56. The molecule has 0 aliphatic heterocycles. The van der Waals surface area contributed by atoms with Crippen molar-refractivity contribution in [3.8, 4) is 0 Å². The normalized spacial score (nSPS) is 18.2. The van der Waals surface area contributed by atoms with Gasteiger partial charge in [-0.1, -0.05) is 109 Å². The van der Waals surface area contributed by atoms with Crippen molar-refractivity contribution in [1.29, 1.82) is 0 Å². The first-order valence-electron chi connectivity index (χ1n) is 14.4. The molecule has 2 nitrogen and oxygen atoms in total. The lowest BCUT2D eigenvalue weighted by Crippen LogP contribution is -2.39. The van der Waals surface area contributed by atoms with E-state index in [1.54, 1.807) is 0 Å². The minimum Gasteiger partial charge on any atom is -0.337 e. The number of halogens is 1. The molecule has 0 saturated carbocycles. The zero-order valence-corrected chi connectivity index (χ0v) is 24.8. The van der Waals surface area contributed by atoms with Crippen molar-refractivity contribution < 1.29 is 4.79 Å². The van der Waals surface area contributed by atoms with Crippen molar-refractivity contribution in [2.24, 2.45) is 17.8 Å². The lowest BCUT2D eigenvalue weighted by atomic mass is 9.82. The third-order valence-corrected chi connectivity index (χ3v) is 8.44. The van der Waals surface area contributed by atoms with Gasteiger partial charge in [0, 0.05) is 11.6 Å². The molecule has 0 N–H and O–H groups in total. The Balaban J connectivity index is 2.52. The van der Waals surface area contributed by atoms with Crippen molar-refractivity contribution in [3.05, 3.63) is 64.4 Å². The maximum absolute atomic E-state index is 13.5. The molecular weight excluding hydrogens is 462 g/mol. The molecule has 1 aliphatic rings. The van der Waals surface area contributed by atoms with Gasteiger partial charge in [0.25, 0.3) is 0 Å². The number of unbranched alkanes of at least 4 members (excludes halogenated alkanes) is 2. The van der Waals surface area contributed by atoms with Crippen LogP contribution in [0.3, 0.4) is 0 Å². The van der Waals surface area contributed by atoms with E-state index < -0.39 is 0 Å². The summed E-state index contributed by atoms with van der Waals surface area (Å²) in [6.45, 7) is 19.9. The van der Waals surface area contributed by atoms with Crippen LogP contribution < -0.4 is 4.90 Å². The number of ketones is 1. The summed E-state index contributed by atoms with van der Waals surface area (Å²) in [5.41, 5.74) is 5.44. The molecule has 1 aromatic carbocycles. The molecule has 1 aliphatic carbocycles. The van der Waals surface area contributed by atoms with E-state index in [9.17, 15) is 4.79 Å². The highest BCUT2D eigenvalue weighted by molar-refractivity contribution is 6.35. The summed E-state index contributed by atoms with van der Waals surface area (Å²) in [7, 11) is 0. The molecule has 0 amide bonds. The molecule has 3 heteroatoms. The molecule has 2 rings (SSSR count). The maximum atomic E-state index is 13.5. The molecule has 4 unspecified atom stereocenters. The van der Waals surface area contributed by atoms with Gasteiger partial charge in [-0.05, 0) is 68.6 Å². The Morgan fingerprint density at radius 1 is 1.06 bits per heavy atom. The smallest absolute Gasteiger partial charge is 0.169 e. The van der Waals surface area contributed by atoms with E-state index in [1.165, 1.54) is 49.7 Å². The fraction of sp³-hybridized carbons (Fsp3) is 0.606. The third-order valence-electron chi connectivity index (χ3n) is 8.12. The van der Waals surface area contributed by atoms with Crippen LogP contribution in [0.5, 0.6) is 0 Å². The summed E-state index contributed by atoms with van der Waals surface area (Å²) >= 11 is 6.72. The summed E-state index contributed by atoms with van der Waals surface area (Å²) in [5, 5.41) is 0.535. The highest BCUT2D eigenvalue weighted by Gasteiger charge is 2.32. The molecule has 0 radical (unpaired) electrons. The van der Waals surface area contributed by atoms with E-state index in [0.29, 0.717) is 22.4 Å². The molecule has 200 valence electrons. The van der Waals surface area contributed by atoms with Crippen LogP contribution >= 0.6 is 11.6 Å². The van der Waals surface area contributed by atoms with Crippen molar-refractivity contribution in [2.75, 3.05) is 4.90 Å². The Morgan fingerprint density at radius 2 is 1.75 bits per heavy atom. The number of Topliss-reactive ketones (excluding diaryl/α,β-unsaturated/α-hetero) is 1. The van der Waals surface area contributed by atoms with E-state index in [0.717, 1.165) is 30.6 Å². The SMILES string of the molecule is C=C(C(C)CC)N(c1cccc(Cl)c1C(=O)C(C)CC)C1CC=C(C(CCC)CCCCC)C=C1C. The van der Waals surface area contributed by atoms with Crippen LogP contribution in [-0.4, -0.2) is 11.8 Å². The summed E-state index contributed by atoms with van der Waals surface area (Å²) in [6, 6.07) is 6.01. The van der Waals surface area contributed by atoms with Gasteiger partial charge in [-0.25, -0.2) is 0 Å². The second kappa shape index (κ2) is 14.8. The molecular formula is C33H50ClNO. The molecule has 0 spiro atoms. The number of anilines is 1. The van der Waals surface area contributed by atoms with Gasteiger partial charge < -0.3 is 4.90 Å². The fourth-order valence-electron chi connectivity index (χ4n) is 5.30. The van der Waals surface area contributed by atoms with Gasteiger partial charge in [-0.3, -0.25) is 4.79 Å². The zero-order valence-electron chi connectivity index (χ0n) is 24.0. The highest BCUT2D eigenvalue weighted by atomic mass is 35.5. The predicted molar refractivity (Wildman–Crippen MR) is 159 cm³/mol. The number of carbonyl (C=O) groups is 1. The Morgan fingerprint density at radius 3 is 2.33 bits per heavy atom. The third kappa shape index (κ3) is 7.37. The number of hydrogen-bond donors (Lipinski definition) is 0. The standard InChI is InChI=1S/C33H50ClNO/c1-9-13-14-17-27(16-10-2)28-20-21-30(25(7)22-28)35(26(8)23(5)11-3)31-19-15-18-29(34)32(31)33(36)24(6)12-4/h15,18-20,22-24,27,30H,8-14,16-17,21H2,1-7H3. The monoisotopic (exact) mass is 511 g/mol. The molecule has 0 bridgehead atoms.